The van der Waals surface area contributed by atoms with Gasteiger partial charge in [-0.2, -0.15) is 0 Å². The molecule has 8 nitrogen and oxygen atoms in total. The molecule has 1 saturated carbocycles. The van der Waals surface area contributed by atoms with Crippen molar-refractivity contribution in [1.82, 2.24) is 10.6 Å². The number of amides is 2. The highest BCUT2D eigenvalue weighted by atomic mass is 16.5. The average Bonchev–Trinajstić information content (AvgIpc) is 3.39. The molecule has 0 unspecified atom stereocenters. The van der Waals surface area contributed by atoms with Crippen LogP contribution < -0.4 is 10.6 Å². The van der Waals surface area contributed by atoms with Gasteiger partial charge in [-0.25, -0.2) is 4.79 Å². The van der Waals surface area contributed by atoms with Gasteiger partial charge in [-0.1, -0.05) is 48.5 Å². The Bertz CT molecular complexity index is 1070. The fourth-order valence-electron chi connectivity index (χ4n) is 4.90. The van der Waals surface area contributed by atoms with E-state index in [1.807, 2.05) is 24.3 Å². The zero-order valence-corrected chi connectivity index (χ0v) is 18.8. The Morgan fingerprint density at radius 1 is 1.00 bits per heavy atom. The van der Waals surface area contributed by atoms with E-state index in [1.54, 1.807) is 0 Å². The number of nitrogens with one attached hydrogen (secondary N) is 2. The second-order valence-electron chi connectivity index (χ2n) is 9.40. The number of benzene rings is 2. The molecule has 3 aliphatic rings. The number of carboxylic acids is 1. The van der Waals surface area contributed by atoms with Crippen LogP contribution in [0.2, 0.25) is 0 Å². The SMILES string of the molecule is O=C(NC[C@@H]1C[C@H](C(=O)NCC2(C(=O)O)CC2)CO1)OCC1c2ccccc2-c2ccccc21. The van der Waals surface area contributed by atoms with Crippen LogP contribution in [0.3, 0.4) is 0 Å². The molecule has 3 N–H and O–H groups in total. The molecule has 2 aliphatic carbocycles. The Hall–Kier alpha value is -3.39. The van der Waals surface area contributed by atoms with Gasteiger partial charge in [0.05, 0.1) is 24.0 Å². The zero-order valence-electron chi connectivity index (χ0n) is 18.8. The molecule has 1 heterocycles. The van der Waals surface area contributed by atoms with E-state index in [9.17, 15) is 19.5 Å². The van der Waals surface area contributed by atoms with E-state index in [0.717, 1.165) is 11.1 Å². The van der Waals surface area contributed by atoms with Crippen LogP contribution in [0.4, 0.5) is 4.79 Å². The highest BCUT2D eigenvalue weighted by molar-refractivity contribution is 5.82. The first-order valence-corrected chi connectivity index (χ1v) is 11.7. The molecule has 5 rings (SSSR count). The number of ether oxygens (including phenoxy) is 2. The van der Waals surface area contributed by atoms with Crippen molar-refractivity contribution in [3.8, 4) is 11.1 Å². The molecule has 2 aromatic carbocycles. The summed E-state index contributed by atoms with van der Waals surface area (Å²) in [5, 5.41) is 14.7. The van der Waals surface area contributed by atoms with Crippen molar-refractivity contribution < 1.29 is 29.0 Å². The number of fused-ring (bicyclic) bond motifs is 3. The van der Waals surface area contributed by atoms with Crippen LogP contribution in [0.25, 0.3) is 11.1 Å². The molecule has 2 fully saturated rings. The lowest BCUT2D eigenvalue weighted by atomic mass is 9.98. The van der Waals surface area contributed by atoms with E-state index < -0.39 is 17.5 Å². The molecule has 8 heteroatoms. The van der Waals surface area contributed by atoms with Gasteiger partial charge in [-0.15, -0.1) is 0 Å². The number of carboxylic acid groups (broad SMARTS) is 1. The molecule has 0 aromatic heterocycles. The van der Waals surface area contributed by atoms with Gasteiger partial charge in [0.25, 0.3) is 0 Å². The predicted octanol–water partition coefficient (Wildman–Crippen LogP) is 2.91. The Morgan fingerprint density at radius 3 is 2.26 bits per heavy atom. The second kappa shape index (κ2) is 9.10. The summed E-state index contributed by atoms with van der Waals surface area (Å²) >= 11 is 0. The smallest absolute Gasteiger partial charge is 0.407 e. The van der Waals surface area contributed by atoms with Crippen molar-refractivity contribution >= 4 is 18.0 Å². The summed E-state index contributed by atoms with van der Waals surface area (Å²) in [6.07, 6.45) is 0.851. The van der Waals surface area contributed by atoms with Crippen molar-refractivity contribution in [2.45, 2.75) is 31.3 Å². The molecular weight excluding hydrogens is 436 g/mol. The van der Waals surface area contributed by atoms with Crippen molar-refractivity contribution in [3.05, 3.63) is 59.7 Å². The van der Waals surface area contributed by atoms with Crippen LogP contribution in [0.5, 0.6) is 0 Å². The van der Waals surface area contributed by atoms with Crippen LogP contribution in [-0.4, -0.2) is 55.5 Å². The summed E-state index contributed by atoms with van der Waals surface area (Å²) < 4.78 is 11.2. The summed E-state index contributed by atoms with van der Waals surface area (Å²) in [7, 11) is 0. The van der Waals surface area contributed by atoms with Gasteiger partial charge < -0.3 is 25.2 Å². The Kier molecular flexibility index (Phi) is 6.00. The molecule has 178 valence electrons. The highest BCUT2D eigenvalue weighted by Gasteiger charge is 2.50. The lowest BCUT2D eigenvalue weighted by Gasteiger charge is -2.16. The van der Waals surface area contributed by atoms with Gasteiger partial charge in [0.2, 0.25) is 5.91 Å². The number of carbonyl (C=O) groups excluding carboxylic acids is 2. The van der Waals surface area contributed by atoms with E-state index in [0.29, 0.717) is 19.3 Å². The first-order chi connectivity index (χ1) is 16.5. The zero-order chi connectivity index (χ0) is 23.7. The van der Waals surface area contributed by atoms with Gasteiger partial charge in [0.1, 0.15) is 6.61 Å². The monoisotopic (exact) mass is 464 g/mol. The van der Waals surface area contributed by atoms with Gasteiger partial charge in [0, 0.05) is 19.0 Å². The molecular formula is C26H28N2O6. The summed E-state index contributed by atoms with van der Waals surface area (Å²) in [5.41, 5.74) is 3.86. The van der Waals surface area contributed by atoms with Gasteiger partial charge in [-0.3, -0.25) is 9.59 Å². The van der Waals surface area contributed by atoms with E-state index >= 15 is 0 Å². The van der Waals surface area contributed by atoms with Crippen LogP contribution in [0.15, 0.2) is 48.5 Å². The summed E-state index contributed by atoms with van der Waals surface area (Å²) in [4.78, 5) is 36.0. The minimum Gasteiger partial charge on any atom is -0.481 e. The first-order valence-electron chi connectivity index (χ1n) is 11.7. The van der Waals surface area contributed by atoms with E-state index in [2.05, 4.69) is 34.9 Å². The number of hydrogen-bond acceptors (Lipinski definition) is 5. The van der Waals surface area contributed by atoms with Crippen LogP contribution >= 0.6 is 0 Å². The minimum absolute atomic E-state index is 0.00507. The summed E-state index contributed by atoms with van der Waals surface area (Å²) in [6, 6.07) is 16.3. The lowest BCUT2D eigenvalue weighted by molar-refractivity contribution is -0.143. The Labute approximate surface area is 197 Å². The normalized spacial score (nSPS) is 21.9. The maximum atomic E-state index is 12.4. The van der Waals surface area contributed by atoms with E-state index in [4.69, 9.17) is 9.47 Å². The predicted molar refractivity (Wildman–Crippen MR) is 123 cm³/mol. The maximum Gasteiger partial charge on any atom is 0.407 e. The molecule has 0 bridgehead atoms. The standard InChI is InChI=1S/C26H28N2O6/c29-23(28-15-26(9-10-26)24(30)31)16-11-17(33-13-16)12-27-25(32)34-14-22-20-7-3-1-5-18(20)19-6-2-4-8-21(19)22/h1-8,16-17,22H,9-15H2,(H,27,32)(H,28,29)(H,30,31)/t16-,17-/m0/s1. The molecule has 1 aliphatic heterocycles. The largest absolute Gasteiger partial charge is 0.481 e. The number of hydrogen-bond donors (Lipinski definition) is 3. The Balaban J connectivity index is 1.07. The van der Waals surface area contributed by atoms with E-state index in [1.165, 1.54) is 11.1 Å². The van der Waals surface area contributed by atoms with Gasteiger partial charge in [-0.05, 0) is 41.5 Å². The average molecular weight is 465 g/mol. The molecule has 1 saturated heterocycles. The Morgan fingerprint density at radius 2 is 1.65 bits per heavy atom. The van der Waals surface area contributed by atoms with Crippen molar-refractivity contribution in [2.24, 2.45) is 11.3 Å². The number of alkyl carbamates (subject to hydrolysis) is 1. The molecule has 2 atom stereocenters. The van der Waals surface area contributed by atoms with Crippen molar-refractivity contribution in [2.75, 3.05) is 26.3 Å². The summed E-state index contributed by atoms with van der Waals surface area (Å²) in [6.45, 7) is 0.893. The molecule has 0 spiro atoms. The van der Waals surface area contributed by atoms with Crippen LogP contribution in [0.1, 0.15) is 36.3 Å². The quantitative estimate of drug-likeness (QED) is 0.554. The number of carbonyl (C=O) groups is 3. The fraction of sp³-hybridized carbons (Fsp3) is 0.423. The highest BCUT2D eigenvalue weighted by Crippen LogP contribution is 2.45. The van der Waals surface area contributed by atoms with Crippen LogP contribution in [-0.2, 0) is 19.1 Å². The maximum absolute atomic E-state index is 12.4. The van der Waals surface area contributed by atoms with Crippen molar-refractivity contribution in [3.63, 3.8) is 0 Å². The number of aliphatic carboxylic acids is 1. The second-order valence-corrected chi connectivity index (χ2v) is 9.40. The van der Waals surface area contributed by atoms with Crippen LogP contribution in [0, 0.1) is 11.3 Å². The molecule has 2 amide bonds. The third kappa shape index (κ3) is 4.37. The molecule has 0 radical (unpaired) electrons. The molecule has 34 heavy (non-hydrogen) atoms. The third-order valence-electron chi connectivity index (χ3n) is 7.18. The lowest BCUT2D eigenvalue weighted by Crippen LogP contribution is -2.38. The first kappa shape index (κ1) is 22.4. The summed E-state index contributed by atoms with van der Waals surface area (Å²) in [5.74, 6) is -1.41. The number of rotatable bonds is 8. The van der Waals surface area contributed by atoms with E-state index in [-0.39, 0.29) is 50.2 Å². The minimum atomic E-state index is -0.861. The third-order valence-corrected chi connectivity index (χ3v) is 7.18. The molecule has 2 aromatic rings. The van der Waals surface area contributed by atoms with Gasteiger partial charge >= 0.3 is 12.1 Å². The fourth-order valence-corrected chi connectivity index (χ4v) is 4.90. The van der Waals surface area contributed by atoms with Crippen molar-refractivity contribution in [1.29, 1.82) is 0 Å². The topological polar surface area (TPSA) is 114 Å². The van der Waals surface area contributed by atoms with Gasteiger partial charge in [0.15, 0.2) is 0 Å².